The highest BCUT2D eigenvalue weighted by atomic mass is 19.2. The second kappa shape index (κ2) is 3.84. The van der Waals surface area contributed by atoms with Gasteiger partial charge in [-0.1, -0.05) is 4.48 Å². The molecule has 1 heterocycles. The molecule has 16 heavy (non-hydrogen) atoms. The Labute approximate surface area is 90.8 Å². The first kappa shape index (κ1) is 10.5. The Balaban J connectivity index is 2.88. The number of hydrogen-bond donors (Lipinski definition) is 0. The molecule has 1 aromatic heterocycles. The Hall–Kier alpha value is -2.04. The third-order valence-corrected chi connectivity index (χ3v) is 2.37. The molecule has 4 nitrogen and oxygen atoms in total. The number of rotatable bonds is 2. The van der Waals surface area contributed by atoms with Crippen LogP contribution in [0.5, 0.6) is 11.5 Å². The molecule has 0 aliphatic heterocycles. The van der Waals surface area contributed by atoms with E-state index < -0.39 is 5.56 Å². The van der Waals surface area contributed by atoms with Crippen molar-refractivity contribution in [1.29, 1.82) is 0 Å². The average molecular weight is 223 g/mol. The molecule has 0 radical (unpaired) electrons. The molecule has 0 atom stereocenters. The van der Waals surface area contributed by atoms with Crippen LogP contribution in [0.3, 0.4) is 0 Å². The van der Waals surface area contributed by atoms with Crippen molar-refractivity contribution in [1.82, 2.24) is 4.79 Å². The fourth-order valence-corrected chi connectivity index (χ4v) is 1.55. The van der Waals surface area contributed by atoms with Crippen molar-refractivity contribution in [2.24, 2.45) is 0 Å². The van der Waals surface area contributed by atoms with Crippen molar-refractivity contribution in [2.75, 3.05) is 14.2 Å². The van der Waals surface area contributed by atoms with Crippen molar-refractivity contribution < 1.29 is 14.0 Å². The number of fused-ring (bicyclic) bond motifs is 1. The number of methoxy groups -OCH3 is 2. The maximum atomic E-state index is 13.2. The van der Waals surface area contributed by atoms with Gasteiger partial charge < -0.3 is 9.47 Å². The summed E-state index contributed by atoms with van der Waals surface area (Å²) in [6.07, 6.45) is 1.00. The van der Waals surface area contributed by atoms with Crippen molar-refractivity contribution in [3.05, 3.63) is 34.7 Å². The highest BCUT2D eigenvalue weighted by molar-refractivity contribution is 5.88. The summed E-state index contributed by atoms with van der Waals surface area (Å²) in [5, 5.41) is 0.781. The SMILES string of the molecule is COc1ccc2c(=O)n(F)cc(OC)c2c1. The second-order valence-corrected chi connectivity index (χ2v) is 3.23. The first-order chi connectivity index (χ1) is 7.67. The predicted octanol–water partition coefficient (Wildman–Crippen LogP) is 1.75. The molecule has 0 saturated heterocycles. The van der Waals surface area contributed by atoms with Crippen LogP contribution in [0.1, 0.15) is 0 Å². The molecule has 84 valence electrons. The van der Waals surface area contributed by atoms with Crippen LogP contribution in [-0.2, 0) is 0 Å². The van der Waals surface area contributed by atoms with Gasteiger partial charge in [0, 0.05) is 5.39 Å². The van der Waals surface area contributed by atoms with Crippen LogP contribution < -0.4 is 15.0 Å². The maximum absolute atomic E-state index is 13.2. The second-order valence-electron chi connectivity index (χ2n) is 3.23. The molecule has 0 aliphatic carbocycles. The molecule has 5 heteroatoms. The van der Waals surface area contributed by atoms with E-state index in [-0.39, 0.29) is 15.9 Å². The number of nitrogens with zero attached hydrogens (tertiary/aromatic N) is 1. The lowest BCUT2D eigenvalue weighted by Gasteiger charge is -2.07. The van der Waals surface area contributed by atoms with Crippen molar-refractivity contribution >= 4 is 10.8 Å². The third kappa shape index (κ3) is 1.50. The van der Waals surface area contributed by atoms with E-state index in [1.165, 1.54) is 20.3 Å². The van der Waals surface area contributed by atoms with Gasteiger partial charge in [-0.2, -0.15) is 0 Å². The molecule has 0 fully saturated rings. The zero-order chi connectivity index (χ0) is 11.7. The highest BCUT2D eigenvalue weighted by Crippen LogP contribution is 2.26. The van der Waals surface area contributed by atoms with Crippen LogP contribution in [0, 0.1) is 0 Å². The topological polar surface area (TPSA) is 40.5 Å². The fraction of sp³-hybridized carbons (Fsp3) is 0.182. The van der Waals surface area contributed by atoms with E-state index in [0.29, 0.717) is 11.1 Å². The third-order valence-electron chi connectivity index (χ3n) is 2.37. The van der Waals surface area contributed by atoms with Crippen LogP contribution in [0.25, 0.3) is 10.8 Å². The summed E-state index contributed by atoms with van der Waals surface area (Å²) >= 11 is 0. The van der Waals surface area contributed by atoms with Gasteiger partial charge in [-0.05, 0) is 18.2 Å². The Bertz CT molecular complexity index is 592. The number of halogens is 1. The van der Waals surface area contributed by atoms with Gasteiger partial charge in [-0.3, -0.25) is 4.79 Å². The van der Waals surface area contributed by atoms with Gasteiger partial charge in [-0.15, -0.1) is 4.79 Å². The van der Waals surface area contributed by atoms with Crippen LogP contribution in [-0.4, -0.2) is 19.0 Å². The number of aromatic nitrogens is 1. The molecule has 0 unspecified atom stereocenters. The van der Waals surface area contributed by atoms with Gasteiger partial charge in [0.25, 0.3) is 5.56 Å². The molecule has 0 bridgehead atoms. The van der Waals surface area contributed by atoms with Gasteiger partial charge in [0.05, 0.1) is 25.8 Å². The quantitative estimate of drug-likeness (QED) is 0.778. The van der Waals surface area contributed by atoms with E-state index in [0.717, 1.165) is 6.20 Å². The maximum Gasteiger partial charge on any atom is 0.286 e. The van der Waals surface area contributed by atoms with Gasteiger partial charge in [0.1, 0.15) is 11.5 Å². The summed E-state index contributed by atoms with van der Waals surface area (Å²) < 4.78 is 23.2. The highest BCUT2D eigenvalue weighted by Gasteiger charge is 2.09. The average Bonchev–Trinajstić information content (AvgIpc) is 2.33. The Kier molecular flexibility index (Phi) is 2.52. The summed E-state index contributed by atoms with van der Waals surface area (Å²) in [7, 11) is 2.93. The number of ether oxygens (including phenoxy) is 2. The molecule has 0 saturated carbocycles. The summed E-state index contributed by atoms with van der Waals surface area (Å²) in [5.74, 6) is 0.873. The van der Waals surface area contributed by atoms with E-state index in [2.05, 4.69) is 0 Å². The lowest BCUT2D eigenvalue weighted by molar-refractivity contribution is 0.338. The normalized spacial score (nSPS) is 10.4. The van der Waals surface area contributed by atoms with E-state index in [4.69, 9.17) is 9.47 Å². The molecule has 2 rings (SSSR count). The first-order valence-electron chi connectivity index (χ1n) is 4.61. The summed E-state index contributed by atoms with van der Waals surface area (Å²) in [4.78, 5) is 11.5. The van der Waals surface area contributed by atoms with Crippen molar-refractivity contribution in [3.63, 3.8) is 0 Å². The smallest absolute Gasteiger partial charge is 0.286 e. The number of pyridine rings is 1. The summed E-state index contributed by atoms with van der Waals surface area (Å²) in [6.45, 7) is 0. The largest absolute Gasteiger partial charge is 0.497 e. The Morgan fingerprint density at radius 2 is 1.94 bits per heavy atom. The van der Waals surface area contributed by atoms with E-state index in [1.807, 2.05) is 0 Å². The van der Waals surface area contributed by atoms with E-state index in [1.54, 1.807) is 12.1 Å². The van der Waals surface area contributed by atoms with Crippen molar-refractivity contribution in [3.8, 4) is 11.5 Å². The Morgan fingerprint density at radius 3 is 2.56 bits per heavy atom. The molecular weight excluding hydrogens is 213 g/mol. The molecule has 2 aromatic rings. The number of benzene rings is 1. The molecule has 0 spiro atoms. The lowest BCUT2D eigenvalue weighted by atomic mass is 10.1. The lowest BCUT2D eigenvalue weighted by Crippen LogP contribution is -2.13. The Morgan fingerprint density at radius 1 is 1.19 bits per heavy atom. The van der Waals surface area contributed by atoms with Crippen LogP contribution >= 0.6 is 0 Å². The summed E-state index contributed by atoms with van der Waals surface area (Å²) in [5.41, 5.74) is -0.710. The van der Waals surface area contributed by atoms with Gasteiger partial charge in [-0.25, -0.2) is 0 Å². The van der Waals surface area contributed by atoms with E-state index in [9.17, 15) is 9.28 Å². The minimum absolute atomic E-state index is 0.00758. The fourth-order valence-electron chi connectivity index (χ4n) is 1.55. The zero-order valence-corrected chi connectivity index (χ0v) is 8.86. The van der Waals surface area contributed by atoms with Gasteiger partial charge in [0.15, 0.2) is 0 Å². The van der Waals surface area contributed by atoms with Crippen molar-refractivity contribution in [2.45, 2.75) is 0 Å². The predicted molar refractivity (Wildman–Crippen MR) is 57.8 cm³/mol. The van der Waals surface area contributed by atoms with Gasteiger partial charge in [0.2, 0.25) is 0 Å². The standard InChI is InChI=1S/C11H10FNO3/c1-15-7-3-4-8-9(5-7)10(16-2)6-13(12)11(8)14/h3-6H,1-2H3. The number of hydrogen-bond acceptors (Lipinski definition) is 3. The minimum atomic E-state index is -0.710. The van der Waals surface area contributed by atoms with Crippen LogP contribution in [0.2, 0.25) is 0 Å². The van der Waals surface area contributed by atoms with Crippen LogP contribution in [0.4, 0.5) is 4.48 Å². The minimum Gasteiger partial charge on any atom is -0.497 e. The van der Waals surface area contributed by atoms with Gasteiger partial charge >= 0.3 is 0 Å². The van der Waals surface area contributed by atoms with E-state index >= 15 is 0 Å². The first-order valence-corrected chi connectivity index (χ1v) is 4.61. The molecule has 0 aliphatic rings. The summed E-state index contributed by atoms with van der Waals surface area (Å²) in [6, 6.07) is 4.74. The molecular formula is C11H10FNO3. The monoisotopic (exact) mass is 223 g/mol. The zero-order valence-electron chi connectivity index (χ0n) is 8.86. The molecule has 0 amide bonds. The molecule has 1 aromatic carbocycles. The van der Waals surface area contributed by atoms with Crippen LogP contribution in [0.15, 0.2) is 29.2 Å². The molecule has 0 N–H and O–H groups in total.